The van der Waals surface area contributed by atoms with Gasteiger partial charge in [-0.1, -0.05) is 6.42 Å². The molecule has 0 N–H and O–H groups in total. The van der Waals surface area contributed by atoms with Gasteiger partial charge in [0.2, 0.25) is 0 Å². The average molecular weight is 316 g/mol. The van der Waals surface area contributed by atoms with Crippen molar-refractivity contribution < 1.29 is 4.92 Å². The van der Waals surface area contributed by atoms with E-state index in [0.29, 0.717) is 5.56 Å². The van der Waals surface area contributed by atoms with Crippen LogP contribution < -0.4 is 4.90 Å². The lowest BCUT2D eigenvalue weighted by Crippen LogP contribution is -2.52. The zero-order valence-electron chi connectivity index (χ0n) is 13.6. The molecule has 3 aliphatic rings. The van der Waals surface area contributed by atoms with Gasteiger partial charge in [-0.2, -0.15) is 0 Å². The van der Waals surface area contributed by atoms with Crippen molar-refractivity contribution in [1.29, 1.82) is 0 Å². The van der Waals surface area contributed by atoms with Crippen molar-refractivity contribution >= 4 is 11.5 Å². The number of pyridine rings is 1. The molecule has 2 saturated carbocycles. The summed E-state index contributed by atoms with van der Waals surface area (Å²) in [5.74, 6) is 2.80. The predicted octanol–water partition coefficient (Wildman–Crippen LogP) is 2.61. The first-order chi connectivity index (χ1) is 11.1. The molecule has 6 nitrogen and oxygen atoms in total. The zero-order valence-corrected chi connectivity index (χ0v) is 13.6. The molecule has 3 fully saturated rings. The number of fused-ring (bicyclic) bond motifs is 2. The van der Waals surface area contributed by atoms with Crippen molar-refractivity contribution in [2.45, 2.75) is 38.6 Å². The molecule has 3 atom stereocenters. The van der Waals surface area contributed by atoms with Gasteiger partial charge in [0.05, 0.1) is 4.92 Å². The molecule has 1 aromatic heterocycles. The summed E-state index contributed by atoms with van der Waals surface area (Å²) < 4.78 is 0. The van der Waals surface area contributed by atoms with Crippen LogP contribution in [0.4, 0.5) is 11.5 Å². The lowest BCUT2D eigenvalue weighted by Gasteiger charge is -2.41. The summed E-state index contributed by atoms with van der Waals surface area (Å²) in [5.41, 5.74) is 0.796. The predicted molar refractivity (Wildman–Crippen MR) is 88.7 cm³/mol. The summed E-state index contributed by atoms with van der Waals surface area (Å²) in [6, 6.07) is 2.66. The fraction of sp³-hybridized carbons (Fsp3) is 0.706. The van der Waals surface area contributed by atoms with Crippen molar-refractivity contribution in [1.82, 2.24) is 9.88 Å². The van der Waals surface area contributed by atoms with Crippen LogP contribution in [0.25, 0.3) is 0 Å². The highest BCUT2D eigenvalue weighted by Crippen LogP contribution is 2.46. The first kappa shape index (κ1) is 14.9. The molecule has 4 rings (SSSR count). The molecular formula is C17H24N4O2. The third-order valence-electron chi connectivity index (χ3n) is 6.07. The maximum Gasteiger partial charge on any atom is 0.290 e. The first-order valence-electron chi connectivity index (χ1n) is 8.72. The minimum Gasteiger partial charge on any atom is -0.354 e. The molecule has 1 aromatic rings. The van der Waals surface area contributed by atoms with E-state index in [1.165, 1.54) is 31.9 Å². The summed E-state index contributed by atoms with van der Waals surface area (Å²) in [5, 5.41) is 10.9. The molecule has 6 heteroatoms. The first-order valence-corrected chi connectivity index (χ1v) is 8.72. The Morgan fingerprint density at radius 3 is 2.57 bits per heavy atom. The summed E-state index contributed by atoms with van der Waals surface area (Å²) in [4.78, 5) is 19.8. The highest BCUT2D eigenvalue weighted by Gasteiger charge is 2.42. The van der Waals surface area contributed by atoms with E-state index in [2.05, 4.69) is 14.8 Å². The normalized spacial score (nSPS) is 30.8. The minimum atomic E-state index is -0.362. The van der Waals surface area contributed by atoms with E-state index >= 15 is 0 Å². The van der Waals surface area contributed by atoms with Crippen LogP contribution in [0.15, 0.2) is 12.3 Å². The molecule has 0 spiro atoms. The Morgan fingerprint density at radius 1 is 1.22 bits per heavy atom. The molecule has 2 heterocycles. The van der Waals surface area contributed by atoms with E-state index in [1.54, 1.807) is 6.92 Å². The summed E-state index contributed by atoms with van der Waals surface area (Å²) >= 11 is 0. The molecule has 1 aliphatic heterocycles. The van der Waals surface area contributed by atoms with E-state index in [4.69, 9.17) is 0 Å². The van der Waals surface area contributed by atoms with Crippen LogP contribution in [-0.2, 0) is 0 Å². The number of hydrogen-bond acceptors (Lipinski definition) is 5. The van der Waals surface area contributed by atoms with Crippen LogP contribution in [0.2, 0.25) is 0 Å². The Balaban J connectivity index is 1.40. The Hall–Kier alpha value is -1.69. The molecule has 23 heavy (non-hydrogen) atoms. The Kier molecular flexibility index (Phi) is 3.71. The number of nitrogens with zero attached hydrogens (tertiary/aromatic N) is 4. The second-order valence-corrected chi connectivity index (χ2v) is 7.35. The maximum atomic E-state index is 10.9. The molecule has 0 aromatic carbocycles. The van der Waals surface area contributed by atoms with Crippen LogP contribution in [0.1, 0.15) is 31.2 Å². The quantitative estimate of drug-likeness (QED) is 0.633. The van der Waals surface area contributed by atoms with Crippen molar-refractivity contribution in [3.8, 4) is 0 Å². The number of nitro groups is 1. The fourth-order valence-electron chi connectivity index (χ4n) is 4.84. The SMILES string of the molecule is Cc1cc(N2CCN(C3CC4CCC3C4)CC2)ncc1[N+](=O)[O-]. The molecule has 1 saturated heterocycles. The van der Waals surface area contributed by atoms with E-state index in [0.717, 1.165) is 49.9 Å². The third kappa shape index (κ3) is 2.69. The van der Waals surface area contributed by atoms with E-state index in [1.807, 2.05) is 6.07 Å². The topological polar surface area (TPSA) is 62.5 Å². The molecule has 2 bridgehead atoms. The fourth-order valence-corrected chi connectivity index (χ4v) is 4.84. The zero-order chi connectivity index (χ0) is 16.0. The van der Waals surface area contributed by atoms with Gasteiger partial charge >= 0.3 is 0 Å². The van der Waals surface area contributed by atoms with Gasteiger partial charge < -0.3 is 4.90 Å². The molecule has 2 aliphatic carbocycles. The van der Waals surface area contributed by atoms with Gasteiger partial charge in [-0.15, -0.1) is 0 Å². The largest absolute Gasteiger partial charge is 0.354 e. The number of rotatable bonds is 3. The average Bonchev–Trinajstić information content (AvgIpc) is 3.17. The smallest absolute Gasteiger partial charge is 0.290 e. The van der Waals surface area contributed by atoms with Crippen molar-refractivity contribution in [3.63, 3.8) is 0 Å². The highest BCUT2D eigenvalue weighted by atomic mass is 16.6. The van der Waals surface area contributed by atoms with E-state index in [-0.39, 0.29) is 10.6 Å². The second-order valence-electron chi connectivity index (χ2n) is 7.35. The van der Waals surface area contributed by atoms with Crippen molar-refractivity contribution in [2.24, 2.45) is 11.8 Å². The molecular weight excluding hydrogens is 292 g/mol. The summed E-state index contributed by atoms with van der Waals surface area (Å²) in [6.07, 6.45) is 7.13. The molecule has 0 radical (unpaired) electrons. The van der Waals surface area contributed by atoms with Gasteiger partial charge in [0, 0.05) is 37.8 Å². The van der Waals surface area contributed by atoms with Crippen LogP contribution in [-0.4, -0.2) is 47.0 Å². The van der Waals surface area contributed by atoms with E-state index in [9.17, 15) is 10.1 Å². The Morgan fingerprint density at radius 2 is 2.00 bits per heavy atom. The monoisotopic (exact) mass is 316 g/mol. The van der Waals surface area contributed by atoms with Gasteiger partial charge in [0.1, 0.15) is 12.0 Å². The summed E-state index contributed by atoms with van der Waals surface area (Å²) in [6.45, 7) is 5.91. The van der Waals surface area contributed by atoms with Gasteiger partial charge in [-0.3, -0.25) is 15.0 Å². The summed E-state index contributed by atoms with van der Waals surface area (Å²) in [7, 11) is 0. The third-order valence-corrected chi connectivity index (χ3v) is 6.07. The van der Waals surface area contributed by atoms with Gasteiger partial charge in [-0.25, -0.2) is 4.98 Å². The molecule has 3 unspecified atom stereocenters. The standard InChI is InChI=1S/C17H24N4O2/c1-12-8-17(18-11-16(12)21(22)23)20-6-4-19(5-7-20)15-10-13-2-3-14(15)9-13/h8,11,13-15H,2-7,9-10H2,1H3. The Bertz CT molecular complexity index is 613. The van der Waals surface area contributed by atoms with Gasteiger partial charge in [-0.05, 0) is 44.1 Å². The van der Waals surface area contributed by atoms with Crippen molar-refractivity contribution in [2.75, 3.05) is 31.1 Å². The molecule has 0 amide bonds. The van der Waals surface area contributed by atoms with Crippen LogP contribution in [0, 0.1) is 28.9 Å². The maximum absolute atomic E-state index is 10.9. The minimum absolute atomic E-state index is 0.106. The number of aromatic nitrogens is 1. The Labute approximate surface area is 136 Å². The van der Waals surface area contributed by atoms with Crippen LogP contribution in [0.3, 0.4) is 0 Å². The number of aryl methyl sites for hydroxylation is 1. The van der Waals surface area contributed by atoms with Crippen LogP contribution >= 0.6 is 0 Å². The lowest BCUT2D eigenvalue weighted by molar-refractivity contribution is -0.385. The van der Waals surface area contributed by atoms with Gasteiger partial charge in [0.15, 0.2) is 0 Å². The second kappa shape index (κ2) is 5.74. The number of piperazine rings is 1. The van der Waals surface area contributed by atoms with Crippen molar-refractivity contribution in [3.05, 3.63) is 27.9 Å². The molecule has 124 valence electrons. The number of hydrogen-bond donors (Lipinski definition) is 0. The highest BCUT2D eigenvalue weighted by molar-refractivity contribution is 5.48. The number of anilines is 1. The van der Waals surface area contributed by atoms with Crippen LogP contribution in [0.5, 0.6) is 0 Å². The lowest BCUT2D eigenvalue weighted by atomic mass is 9.93. The van der Waals surface area contributed by atoms with Gasteiger partial charge in [0.25, 0.3) is 5.69 Å². The van der Waals surface area contributed by atoms with E-state index < -0.39 is 0 Å².